The van der Waals surface area contributed by atoms with Gasteiger partial charge in [-0.25, -0.2) is 0 Å². The van der Waals surface area contributed by atoms with Gasteiger partial charge in [-0.2, -0.15) is 0 Å². The molecule has 0 radical (unpaired) electrons. The summed E-state index contributed by atoms with van der Waals surface area (Å²) in [6.07, 6.45) is -3.11. The Morgan fingerprint density at radius 3 is 2.59 bits per heavy atom. The van der Waals surface area contributed by atoms with Crippen molar-refractivity contribution in [2.45, 2.75) is 48.8 Å². The van der Waals surface area contributed by atoms with E-state index in [1.807, 2.05) is 0 Å². The Hall–Kier alpha value is -1.26. The molecule has 7 atom stereocenters. The molecule has 0 amide bonds. The monoisotopic (exact) mass is 316 g/mol. The molecule has 0 aromatic rings. The van der Waals surface area contributed by atoms with E-state index >= 15 is 0 Å². The van der Waals surface area contributed by atoms with Gasteiger partial charge in [-0.1, -0.05) is 0 Å². The van der Waals surface area contributed by atoms with E-state index in [9.17, 15) is 30.0 Å². The molecule has 0 spiro atoms. The van der Waals surface area contributed by atoms with Gasteiger partial charge in [-0.3, -0.25) is 9.59 Å². The molecule has 9 heteroatoms. The highest BCUT2D eigenvalue weighted by Gasteiger charge is 2.66. The highest BCUT2D eigenvalue weighted by atomic mass is 16.5. The zero-order valence-corrected chi connectivity index (χ0v) is 11.8. The van der Waals surface area contributed by atoms with Crippen molar-refractivity contribution in [1.29, 1.82) is 0 Å². The van der Waals surface area contributed by atoms with E-state index in [2.05, 4.69) is 10.6 Å². The van der Waals surface area contributed by atoms with Gasteiger partial charge in [-0.05, 0) is 13.0 Å². The van der Waals surface area contributed by atoms with Crippen molar-refractivity contribution in [3.63, 3.8) is 0 Å². The Kier molecular flexibility index (Phi) is 3.86. The predicted molar refractivity (Wildman–Crippen MR) is 71.2 cm³/mol. The molecule has 0 aromatic carbocycles. The van der Waals surface area contributed by atoms with Crippen LogP contribution in [0.3, 0.4) is 0 Å². The average Bonchev–Trinajstić information content (AvgIpc) is 2.87. The number of ether oxygens (including phenoxy) is 1. The number of aliphatic carboxylic acids is 2. The van der Waals surface area contributed by atoms with Crippen molar-refractivity contribution < 1.29 is 34.8 Å². The van der Waals surface area contributed by atoms with Crippen LogP contribution in [0.4, 0.5) is 0 Å². The normalized spacial score (nSPS) is 47.5. The first kappa shape index (κ1) is 15.6. The number of aliphatic hydroxyl groups is 2. The van der Waals surface area contributed by atoms with Gasteiger partial charge in [0.2, 0.25) is 0 Å². The maximum atomic E-state index is 11.5. The molecule has 0 saturated carbocycles. The van der Waals surface area contributed by atoms with Crippen molar-refractivity contribution in [3.05, 3.63) is 0 Å². The quantitative estimate of drug-likeness (QED) is 0.328. The Morgan fingerprint density at radius 2 is 1.95 bits per heavy atom. The molecule has 3 heterocycles. The molecule has 22 heavy (non-hydrogen) atoms. The lowest BCUT2D eigenvalue weighted by molar-refractivity contribution is -0.165. The molecular formula is C13H20N2O7. The van der Waals surface area contributed by atoms with Gasteiger partial charge in [-0.15, -0.1) is 0 Å². The second kappa shape index (κ2) is 5.43. The van der Waals surface area contributed by atoms with E-state index in [-0.39, 0.29) is 6.54 Å². The van der Waals surface area contributed by atoms with Gasteiger partial charge in [0.1, 0.15) is 23.9 Å². The Labute approximate surface area is 126 Å². The van der Waals surface area contributed by atoms with Crippen LogP contribution >= 0.6 is 0 Å². The van der Waals surface area contributed by atoms with Crippen LogP contribution in [0.25, 0.3) is 0 Å². The third kappa shape index (κ3) is 2.20. The van der Waals surface area contributed by atoms with Crippen LogP contribution in [0.15, 0.2) is 0 Å². The molecule has 3 aliphatic heterocycles. The summed E-state index contributed by atoms with van der Waals surface area (Å²) in [5.41, 5.74) is -1.43. The molecule has 3 saturated heterocycles. The van der Waals surface area contributed by atoms with E-state index < -0.39 is 60.3 Å². The topological polar surface area (TPSA) is 148 Å². The first-order valence-electron chi connectivity index (χ1n) is 7.32. The Balaban J connectivity index is 1.97. The van der Waals surface area contributed by atoms with E-state index in [4.69, 9.17) is 4.74 Å². The smallest absolute Gasteiger partial charge is 0.323 e. The van der Waals surface area contributed by atoms with Crippen LogP contribution in [0.5, 0.6) is 0 Å². The summed E-state index contributed by atoms with van der Waals surface area (Å²) in [4.78, 5) is 22.7. The highest BCUT2D eigenvalue weighted by molar-refractivity contribution is 5.79. The van der Waals surface area contributed by atoms with Gasteiger partial charge in [0.25, 0.3) is 0 Å². The van der Waals surface area contributed by atoms with Gasteiger partial charge in [0.05, 0.1) is 12.5 Å². The highest BCUT2D eigenvalue weighted by Crippen LogP contribution is 2.46. The minimum Gasteiger partial charge on any atom is -0.481 e. The summed E-state index contributed by atoms with van der Waals surface area (Å²) in [6, 6.07) is -1.56. The van der Waals surface area contributed by atoms with Crippen LogP contribution < -0.4 is 10.6 Å². The largest absolute Gasteiger partial charge is 0.481 e. The second-order valence-electron chi connectivity index (χ2n) is 6.22. The van der Waals surface area contributed by atoms with Crippen molar-refractivity contribution in [2.75, 3.05) is 13.1 Å². The average molecular weight is 316 g/mol. The number of carbonyl (C=O) groups is 2. The second-order valence-corrected chi connectivity index (χ2v) is 6.22. The first-order valence-corrected chi connectivity index (χ1v) is 7.32. The molecule has 0 aromatic heterocycles. The summed E-state index contributed by atoms with van der Waals surface area (Å²) in [7, 11) is 0. The third-order valence-electron chi connectivity index (χ3n) is 5.03. The zero-order chi connectivity index (χ0) is 16.1. The minimum absolute atomic E-state index is 0.279. The van der Waals surface area contributed by atoms with Crippen molar-refractivity contribution in [3.8, 4) is 0 Å². The molecule has 3 rings (SSSR count). The minimum atomic E-state index is -1.43. The van der Waals surface area contributed by atoms with Gasteiger partial charge < -0.3 is 35.8 Å². The molecule has 0 aliphatic carbocycles. The van der Waals surface area contributed by atoms with Crippen LogP contribution in [0.1, 0.15) is 12.8 Å². The summed E-state index contributed by atoms with van der Waals surface area (Å²) in [5.74, 6) is -2.75. The summed E-state index contributed by atoms with van der Waals surface area (Å²) < 4.78 is 5.83. The summed E-state index contributed by atoms with van der Waals surface area (Å²) in [6.45, 7) is 0.724. The fraction of sp³-hybridized carbons (Fsp3) is 0.846. The lowest BCUT2D eigenvalue weighted by Crippen LogP contribution is -2.53. The number of rotatable bonds is 3. The number of aliphatic hydroxyl groups excluding tert-OH is 2. The van der Waals surface area contributed by atoms with Crippen LogP contribution in [-0.4, -0.2) is 81.5 Å². The number of carboxylic acid groups (broad SMARTS) is 2. The van der Waals surface area contributed by atoms with Gasteiger partial charge in [0.15, 0.2) is 0 Å². The SMILES string of the molecule is O=C(O)C[C@]12O[C@@H]3[C@@H](O)[C@@H](O)CCN[C@@H]3[C@H]1CN[C@@H]2C(=O)O. The Bertz CT molecular complexity index is 487. The van der Waals surface area contributed by atoms with Crippen LogP contribution in [0.2, 0.25) is 0 Å². The predicted octanol–water partition coefficient (Wildman–Crippen LogP) is -2.64. The van der Waals surface area contributed by atoms with Gasteiger partial charge >= 0.3 is 11.9 Å². The van der Waals surface area contributed by atoms with E-state index in [1.54, 1.807) is 0 Å². The third-order valence-corrected chi connectivity index (χ3v) is 5.03. The van der Waals surface area contributed by atoms with Gasteiger partial charge in [0, 0.05) is 18.5 Å². The molecule has 9 nitrogen and oxygen atoms in total. The molecule has 0 unspecified atom stereocenters. The fourth-order valence-corrected chi connectivity index (χ4v) is 4.08. The van der Waals surface area contributed by atoms with E-state index in [1.165, 1.54) is 0 Å². The maximum Gasteiger partial charge on any atom is 0.323 e. The lowest BCUT2D eigenvalue weighted by atomic mass is 9.79. The number of fused-ring (bicyclic) bond motifs is 3. The zero-order valence-electron chi connectivity index (χ0n) is 11.8. The van der Waals surface area contributed by atoms with Crippen molar-refractivity contribution in [2.24, 2.45) is 5.92 Å². The van der Waals surface area contributed by atoms with Crippen LogP contribution in [0, 0.1) is 5.92 Å². The molecular weight excluding hydrogens is 296 g/mol. The van der Waals surface area contributed by atoms with Crippen molar-refractivity contribution >= 4 is 11.9 Å². The van der Waals surface area contributed by atoms with E-state index in [0.29, 0.717) is 13.0 Å². The molecule has 6 N–H and O–H groups in total. The first-order chi connectivity index (χ1) is 10.4. The number of nitrogens with one attached hydrogen (secondary N) is 2. The number of hydrogen-bond acceptors (Lipinski definition) is 7. The summed E-state index contributed by atoms with van der Waals surface area (Å²) >= 11 is 0. The molecule has 124 valence electrons. The lowest BCUT2D eigenvalue weighted by Gasteiger charge is -2.32. The van der Waals surface area contributed by atoms with Crippen LogP contribution in [-0.2, 0) is 14.3 Å². The maximum absolute atomic E-state index is 11.5. The fourth-order valence-electron chi connectivity index (χ4n) is 4.08. The number of carboxylic acids is 2. The standard InChI is InChI=1S/C13H20N2O7/c16-6-1-2-14-8-5-4-15-11(12(20)21)13(5,3-7(17)18)22-10(8)9(6)19/h5-6,8-11,14-16,19H,1-4H2,(H,17,18)(H,20,21)/t5-,6+,8-,9+,10+,11-,13+/m1/s1. The molecule has 3 aliphatic rings. The molecule has 3 fully saturated rings. The number of hydrogen-bond donors (Lipinski definition) is 6. The Morgan fingerprint density at radius 1 is 1.23 bits per heavy atom. The van der Waals surface area contributed by atoms with Crippen molar-refractivity contribution in [1.82, 2.24) is 10.6 Å². The molecule has 0 bridgehead atoms. The van der Waals surface area contributed by atoms with E-state index in [0.717, 1.165) is 0 Å². The summed E-state index contributed by atoms with van der Waals surface area (Å²) in [5, 5.41) is 44.7.